The predicted molar refractivity (Wildman–Crippen MR) is 56.8 cm³/mol. The zero-order chi connectivity index (χ0) is 9.80. The van der Waals surface area contributed by atoms with Crippen molar-refractivity contribution in [3.05, 3.63) is 0 Å². The molecule has 14 heavy (non-hydrogen) atoms. The zero-order valence-electron chi connectivity index (χ0n) is 8.58. The van der Waals surface area contributed by atoms with Gasteiger partial charge in [0, 0.05) is 18.6 Å². The highest BCUT2D eigenvalue weighted by atomic mass is 35.5. The van der Waals surface area contributed by atoms with Crippen LogP contribution in [0.3, 0.4) is 0 Å². The van der Waals surface area contributed by atoms with E-state index in [4.69, 9.17) is 21.1 Å². The van der Waals surface area contributed by atoms with Gasteiger partial charge in [-0.2, -0.15) is 0 Å². The molecule has 0 bridgehead atoms. The summed E-state index contributed by atoms with van der Waals surface area (Å²) in [7, 11) is 0. The van der Waals surface area contributed by atoms with Crippen LogP contribution in [-0.4, -0.2) is 31.3 Å². The summed E-state index contributed by atoms with van der Waals surface area (Å²) in [6.07, 6.45) is 6.31. The topological polar surface area (TPSA) is 18.5 Å². The summed E-state index contributed by atoms with van der Waals surface area (Å²) in [5.74, 6) is 0.551. The van der Waals surface area contributed by atoms with Gasteiger partial charge in [-0.3, -0.25) is 0 Å². The number of hydrogen-bond acceptors (Lipinski definition) is 2. The molecule has 0 amide bonds. The number of rotatable bonds is 3. The smallest absolute Gasteiger partial charge is 0.0576 e. The van der Waals surface area contributed by atoms with Crippen molar-refractivity contribution < 1.29 is 9.47 Å². The van der Waals surface area contributed by atoms with Gasteiger partial charge in [0.15, 0.2) is 0 Å². The lowest BCUT2D eigenvalue weighted by Crippen LogP contribution is -2.28. The van der Waals surface area contributed by atoms with E-state index in [0.717, 1.165) is 32.7 Å². The standard InChI is InChI=1S/C11H19ClO2/c12-11-5-7-13-8-9(11)3-4-10-2-1-6-14-10/h9-11H,1-8H2. The van der Waals surface area contributed by atoms with Crippen LogP contribution in [0.25, 0.3) is 0 Å². The SMILES string of the molecule is ClC1CCOCC1CCC1CCCO1. The average molecular weight is 219 g/mol. The molecule has 0 aromatic carbocycles. The number of alkyl halides is 1. The van der Waals surface area contributed by atoms with E-state index in [1.54, 1.807) is 0 Å². The first-order valence-corrected chi connectivity index (χ1v) is 6.13. The van der Waals surface area contributed by atoms with E-state index < -0.39 is 0 Å². The molecule has 0 aliphatic carbocycles. The van der Waals surface area contributed by atoms with Crippen LogP contribution in [0.4, 0.5) is 0 Å². The fourth-order valence-corrected chi connectivity index (χ4v) is 2.59. The van der Waals surface area contributed by atoms with Gasteiger partial charge in [0.05, 0.1) is 12.7 Å². The molecule has 2 saturated heterocycles. The minimum atomic E-state index is 0.324. The molecule has 0 spiro atoms. The Balaban J connectivity index is 1.67. The maximum atomic E-state index is 6.25. The van der Waals surface area contributed by atoms with Gasteiger partial charge in [0.25, 0.3) is 0 Å². The monoisotopic (exact) mass is 218 g/mol. The Bertz CT molecular complexity index is 169. The lowest BCUT2D eigenvalue weighted by Gasteiger charge is -2.27. The first-order valence-electron chi connectivity index (χ1n) is 5.69. The summed E-state index contributed by atoms with van der Waals surface area (Å²) in [5, 5.41) is 0.324. The predicted octanol–water partition coefficient (Wildman–Crippen LogP) is 2.59. The van der Waals surface area contributed by atoms with Gasteiger partial charge in [-0.05, 0) is 38.0 Å². The molecule has 3 heteroatoms. The molecule has 0 saturated carbocycles. The summed E-state index contributed by atoms with van der Waals surface area (Å²) in [6.45, 7) is 2.64. The van der Waals surface area contributed by atoms with Crippen molar-refractivity contribution in [2.75, 3.05) is 19.8 Å². The summed E-state index contributed by atoms with van der Waals surface area (Å²) < 4.78 is 11.0. The molecule has 3 atom stereocenters. The molecular formula is C11H19ClO2. The lowest BCUT2D eigenvalue weighted by molar-refractivity contribution is 0.0423. The molecule has 0 aromatic rings. The normalized spacial score (nSPS) is 38.8. The molecule has 82 valence electrons. The minimum absolute atomic E-state index is 0.324. The van der Waals surface area contributed by atoms with E-state index in [-0.39, 0.29) is 0 Å². The number of ether oxygens (including phenoxy) is 2. The van der Waals surface area contributed by atoms with Crippen molar-refractivity contribution in [3.63, 3.8) is 0 Å². The third-order valence-corrected chi connectivity index (χ3v) is 3.84. The van der Waals surface area contributed by atoms with Crippen molar-refractivity contribution in [1.82, 2.24) is 0 Å². The van der Waals surface area contributed by atoms with E-state index in [0.29, 0.717) is 17.4 Å². The van der Waals surface area contributed by atoms with Gasteiger partial charge in [-0.25, -0.2) is 0 Å². The van der Waals surface area contributed by atoms with Crippen LogP contribution in [0.1, 0.15) is 32.1 Å². The van der Waals surface area contributed by atoms with Gasteiger partial charge >= 0.3 is 0 Å². The summed E-state index contributed by atoms with van der Waals surface area (Å²) >= 11 is 6.25. The van der Waals surface area contributed by atoms with Crippen LogP contribution < -0.4 is 0 Å². The fourth-order valence-electron chi connectivity index (χ4n) is 2.31. The fraction of sp³-hybridized carbons (Fsp3) is 1.00. The molecule has 2 heterocycles. The minimum Gasteiger partial charge on any atom is -0.381 e. The van der Waals surface area contributed by atoms with Gasteiger partial charge < -0.3 is 9.47 Å². The second-order valence-electron chi connectivity index (χ2n) is 4.35. The lowest BCUT2D eigenvalue weighted by atomic mass is 9.94. The number of halogens is 1. The van der Waals surface area contributed by atoms with Crippen LogP contribution in [0, 0.1) is 5.92 Å². The molecule has 2 fully saturated rings. The second kappa shape index (κ2) is 5.34. The highest BCUT2D eigenvalue weighted by Gasteiger charge is 2.25. The van der Waals surface area contributed by atoms with E-state index in [2.05, 4.69) is 0 Å². The van der Waals surface area contributed by atoms with Crippen molar-refractivity contribution in [3.8, 4) is 0 Å². The molecule has 0 N–H and O–H groups in total. The Morgan fingerprint density at radius 3 is 2.79 bits per heavy atom. The quantitative estimate of drug-likeness (QED) is 0.678. The number of hydrogen-bond donors (Lipinski definition) is 0. The molecule has 3 unspecified atom stereocenters. The van der Waals surface area contributed by atoms with Crippen molar-refractivity contribution >= 4 is 11.6 Å². The summed E-state index contributed by atoms with van der Waals surface area (Å²) in [6, 6.07) is 0. The highest BCUT2D eigenvalue weighted by molar-refractivity contribution is 6.20. The Labute approximate surface area is 90.9 Å². The van der Waals surface area contributed by atoms with Gasteiger partial charge in [-0.15, -0.1) is 11.6 Å². The van der Waals surface area contributed by atoms with Crippen LogP contribution in [0.15, 0.2) is 0 Å². The Hall–Kier alpha value is 0.210. The molecule has 2 aliphatic heterocycles. The first kappa shape index (κ1) is 10.7. The summed E-state index contributed by atoms with van der Waals surface area (Å²) in [5.41, 5.74) is 0. The summed E-state index contributed by atoms with van der Waals surface area (Å²) in [4.78, 5) is 0. The van der Waals surface area contributed by atoms with E-state index in [1.165, 1.54) is 19.3 Å². The van der Waals surface area contributed by atoms with Crippen molar-refractivity contribution in [1.29, 1.82) is 0 Å². The zero-order valence-corrected chi connectivity index (χ0v) is 9.34. The Morgan fingerprint density at radius 1 is 1.14 bits per heavy atom. The Morgan fingerprint density at radius 2 is 2.07 bits per heavy atom. The molecule has 2 rings (SSSR count). The van der Waals surface area contributed by atoms with Gasteiger partial charge in [0.1, 0.15) is 0 Å². The van der Waals surface area contributed by atoms with E-state index in [9.17, 15) is 0 Å². The highest BCUT2D eigenvalue weighted by Crippen LogP contribution is 2.27. The molecule has 0 aromatic heterocycles. The third kappa shape index (κ3) is 2.85. The van der Waals surface area contributed by atoms with E-state index >= 15 is 0 Å². The van der Waals surface area contributed by atoms with Gasteiger partial charge in [0.2, 0.25) is 0 Å². The Kier molecular flexibility index (Phi) is 4.09. The van der Waals surface area contributed by atoms with Crippen LogP contribution in [0.5, 0.6) is 0 Å². The molecular weight excluding hydrogens is 200 g/mol. The maximum absolute atomic E-state index is 6.25. The van der Waals surface area contributed by atoms with E-state index in [1.807, 2.05) is 0 Å². The average Bonchev–Trinajstić information content (AvgIpc) is 2.69. The second-order valence-corrected chi connectivity index (χ2v) is 4.91. The largest absolute Gasteiger partial charge is 0.381 e. The van der Waals surface area contributed by atoms with Crippen molar-refractivity contribution in [2.24, 2.45) is 5.92 Å². The molecule has 0 radical (unpaired) electrons. The molecule has 2 aliphatic rings. The van der Waals surface area contributed by atoms with Crippen molar-refractivity contribution in [2.45, 2.75) is 43.6 Å². The maximum Gasteiger partial charge on any atom is 0.0576 e. The van der Waals surface area contributed by atoms with Gasteiger partial charge in [-0.1, -0.05) is 0 Å². The van der Waals surface area contributed by atoms with Crippen LogP contribution in [-0.2, 0) is 9.47 Å². The molecule has 2 nitrogen and oxygen atoms in total. The first-order chi connectivity index (χ1) is 6.86. The third-order valence-electron chi connectivity index (χ3n) is 3.26. The van der Waals surface area contributed by atoms with Crippen LogP contribution >= 0.6 is 11.6 Å². The van der Waals surface area contributed by atoms with Crippen LogP contribution in [0.2, 0.25) is 0 Å².